The summed E-state index contributed by atoms with van der Waals surface area (Å²) in [7, 11) is 0. The van der Waals surface area contributed by atoms with E-state index in [1.54, 1.807) is 0 Å². The van der Waals surface area contributed by atoms with Gasteiger partial charge >= 0.3 is 6.03 Å². The van der Waals surface area contributed by atoms with Crippen molar-refractivity contribution in [1.29, 1.82) is 0 Å². The Morgan fingerprint density at radius 2 is 1.78 bits per heavy atom. The first-order valence-electron chi connectivity index (χ1n) is 8.60. The van der Waals surface area contributed by atoms with E-state index in [9.17, 15) is 9.18 Å². The van der Waals surface area contributed by atoms with Gasteiger partial charge in [0.05, 0.1) is 5.02 Å². The van der Waals surface area contributed by atoms with Gasteiger partial charge in [-0.3, -0.25) is 0 Å². The summed E-state index contributed by atoms with van der Waals surface area (Å²) in [5.41, 5.74) is 5.93. The minimum atomic E-state index is -0.522. The van der Waals surface area contributed by atoms with Gasteiger partial charge in [-0.1, -0.05) is 29.3 Å². The molecule has 0 spiro atoms. The van der Waals surface area contributed by atoms with E-state index in [0.29, 0.717) is 12.2 Å². The third-order valence-electron chi connectivity index (χ3n) is 4.44. The number of hydrogen-bond donors (Lipinski definition) is 2. The molecule has 3 rings (SSSR count). The van der Waals surface area contributed by atoms with Crippen LogP contribution < -0.4 is 10.6 Å². The molecule has 0 fully saturated rings. The van der Waals surface area contributed by atoms with Gasteiger partial charge in [-0.25, -0.2) is 9.18 Å². The molecule has 27 heavy (non-hydrogen) atoms. The molecular formula is C21H21ClFN3O. The van der Waals surface area contributed by atoms with Crippen molar-refractivity contribution in [1.82, 2.24) is 9.88 Å². The lowest BCUT2D eigenvalue weighted by Gasteiger charge is -2.11. The second kappa shape index (κ2) is 7.84. The van der Waals surface area contributed by atoms with Crippen molar-refractivity contribution in [3.05, 3.63) is 81.9 Å². The van der Waals surface area contributed by atoms with E-state index in [0.717, 1.165) is 22.6 Å². The smallest absolute Gasteiger partial charge is 0.319 e. The maximum Gasteiger partial charge on any atom is 0.319 e. The molecule has 2 N–H and O–H groups in total. The number of urea groups is 1. The van der Waals surface area contributed by atoms with Crippen molar-refractivity contribution in [2.45, 2.75) is 27.3 Å². The second-order valence-corrected chi connectivity index (χ2v) is 6.91. The summed E-state index contributed by atoms with van der Waals surface area (Å²) in [6.45, 7) is 6.51. The van der Waals surface area contributed by atoms with E-state index in [1.807, 2.05) is 13.8 Å². The first-order chi connectivity index (χ1) is 12.8. The summed E-state index contributed by atoms with van der Waals surface area (Å²) in [5.74, 6) is -0.522. The van der Waals surface area contributed by atoms with Gasteiger partial charge in [0.1, 0.15) is 5.82 Å². The molecule has 6 heteroatoms. The van der Waals surface area contributed by atoms with Crippen LogP contribution in [0.4, 0.5) is 14.9 Å². The maximum atomic E-state index is 13.2. The lowest BCUT2D eigenvalue weighted by atomic mass is 10.2. The molecular weight excluding hydrogens is 365 g/mol. The molecule has 0 aliphatic carbocycles. The number of carbonyl (C=O) groups excluding carboxylic acids is 1. The molecule has 2 amide bonds. The maximum absolute atomic E-state index is 13.2. The van der Waals surface area contributed by atoms with Crippen molar-refractivity contribution in [3.63, 3.8) is 0 Å². The Bertz CT molecular complexity index is 980. The Kier molecular flexibility index (Phi) is 5.51. The van der Waals surface area contributed by atoms with Crippen LogP contribution in [0, 0.1) is 26.6 Å². The third kappa shape index (κ3) is 4.31. The van der Waals surface area contributed by atoms with Gasteiger partial charge in [0.15, 0.2) is 0 Å². The zero-order valence-electron chi connectivity index (χ0n) is 15.4. The molecule has 1 heterocycles. The molecule has 0 aliphatic rings. The van der Waals surface area contributed by atoms with Crippen LogP contribution in [0.25, 0.3) is 5.69 Å². The highest BCUT2D eigenvalue weighted by Gasteiger charge is 2.12. The average Bonchev–Trinajstić information content (AvgIpc) is 2.91. The SMILES string of the molecule is Cc1ccc(-n2c(C)cc(CNC(=O)Nc3ccc(F)c(Cl)c3)c2C)cc1. The molecule has 140 valence electrons. The summed E-state index contributed by atoms with van der Waals surface area (Å²) >= 11 is 5.73. The number of nitrogens with one attached hydrogen (secondary N) is 2. The molecule has 1 aromatic heterocycles. The predicted molar refractivity (Wildman–Crippen MR) is 107 cm³/mol. The van der Waals surface area contributed by atoms with Crippen LogP contribution in [-0.4, -0.2) is 10.6 Å². The van der Waals surface area contributed by atoms with Crippen LogP contribution in [0.15, 0.2) is 48.5 Å². The molecule has 0 atom stereocenters. The topological polar surface area (TPSA) is 46.1 Å². The van der Waals surface area contributed by atoms with Gasteiger partial charge in [0.2, 0.25) is 0 Å². The Morgan fingerprint density at radius 3 is 2.44 bits per heavy atom. The Balaban J connectivity index is 1.69. The zero-order chi connectivity index (χ0) is 19.6. The normalized spacial score (nSPS) is 10.7. The van der Waals surface area contributed by atoms with Crippen LogP contribution in [-0.2, 0) is 6.54 Å². The number of nitrogens with zero attached hydrogens (tertiary/aromatic N) is 1. The Labute approximate surface area is 163 Å². The quantitative estimate of drug-likeness (QED) is 0.610. The summed E-state index contributed by atoms with van der Waals surface area (Å²) in [6, 6.07) is 14.1. The van der Waals surface area contributed by atoms with E-state index in [4.69, 9.17) is 11.6 Å². The van der Waals surface area contributed by atoms with Crippen molar-refractivity contribution in [2.75, 3.05) is 5.32 Å². The molecule has 4 nitrogen and oxygen atoms in total. The molecule has 2 aromatic carbocycles. The minimum Gasteiger partial charge on any atom is -0.334 e. The average molecular weight is 386 g/mol. The van der Waals surface area contributed by atoms with Crippen molar-refractivity contribution in [3.8, 4) is 5.69 Å². The summed E-state index contributed by atoms with van der Waals surface area (Å²) in [6.07, 6.45) is 0. The lowest BCUT2D eigenvalue weighted by Crippen LogP contribution is -2.28. The van der Waals surface area contributed by atoms with Crippen LogP contribution >= 0.6 is 11.6 Å². The van der Waals surface area contributed by atoms with Crippen LogP contribution in [0.3, 0.4) is 0 Å². The summed E-state index contributed by atoms with van der Waals surface area (Å²) < 4.78 is 15.4. The standard InChI is InChI=1S/C21H21ClFN3O/c1-13-4-7-18(8-5-13)26-14(2)10-16(15(26)3)12-24-21(27)25-17-6-9-20(23)19(22)11-17/h4-11H,12H2,1-3H3,(H2,24,25,27). The van der Waals surface area contributed by atoms with Crippen LogP contribution in [0.1, 0.15) is 22.5 Å². The fraction of sp³-hybridized carbons (Fsp3) is 0.190. The first kappa shape index (κ1) is 19.0. The Morgan fingerprint density at radius 1 is 1.07 bits per heavy atom. The molecule has 0 saturated heterocycles. The van der Waals surface area contributed by atoms with Crippen LogP contribution in [0.2, 0.25) is 5.02 Å². The lowest BCUT2D eigenvalue weighted by molar-refractivity contribution is 0.251. The third-order valence-corrected chi connectivity index (χ3v) is 4.73. The van der Waals surface area contributed by atoms with Gasteiger partial charge in [-0.2, -0.15) is 0 Å². The van der Waals surface area contributed by atoms with E-state index >= 15 is 0 Å². The van der Waals surface area contributed by atoms with Crippen molar-refractivity contribution < 1.29 is 9.18 Å². The number of aromatic nitrogens is 1. The number of aryl methyl sites for hydroxylation is 2. The van der Waals surface area contributed by atoms with E-state index in [2.05, 4.69) is 52.5 Å². The largest absolute Gasteiger partial charge is 0.334 e. The minimum absolute atomic E-state index is 0.0329. The molecule has 0 aliphatic heterocycles. The number of halogens is 2. The fourth-order valence-electron chi connectivity index (χ4n) is 3.02. The molecule has 0 unspecified atom stereocenters. The van der Waals surface area contributed by atoms with E-state index < -0.39 is 5.82 Å². The van der Waals surface area contributed by atoms with Gasteiger partial charge < -0.3 is 15.2 Å². The highest BCUT2D eigenvalue weighted by Crippen LogP contribution is 2.22. The van der Waals surface area contributed by atoms with Crippen LogP contribution in [0.5, 0.6) is 0 Å². The number of carbonyl (C=O) groups is 1. The summed E-state index contributed by atoms with van der Waals surface area (Å²) in [4.78, 5) is 12.1. The molecule has 0 radical (unpaired) electrons. The van der Waals surface area contributed by atoms with Gasteiger partial charge in [-0.05, 0) is 62.7 Å². The van der Waals surface area contributed by atoms with E-state index in [1.165, 1.54) is 23.8 Å². The van der Waals surface area contributed by atoms with Crippen molar-refractivity contribution >= 4 is 23.3 Å². The van der Waals surface area contributed by atoms with Gasteiger partial charge in [0, 0.05) is 29.3 Å². The number of rotatable bonds is 4. The van der Waals surface area contributed by atoms with E-state index in [-0.39, 0.29) is 11.1 Å². The van der Waals surface area contributed by atoms with Crippen molar-refractivity contribution in [2.24, 2.45) is 0 Å². The predicted octanol–water partition coefficient (Wildman–Crippen LogP) is 5.52. The van der Waals surface area contributed by atoms with Gasteiger partial charge in [-0.15, -0.1) is 0 Å². The number of benzene rings is 2. The number of amides is 2. The highest BCUT2D eigenvalue weighted by molar-refractivity contribution is 6.31. The van der Waals surface area contributed by atoms with Gasteiger partial charge in [0.25, 0.3) is 0 Å². The second-order valence-electron chi connectivity index (χ2n) is 6.50. The number of anilines is 1. The molecule has 3 aromatic rings. The molecule has 0 bridgehead atoms. The first-order valence-corrected chi connectivity index (χ1v) is 8.97. The molecule has 0 saturated carbocycles. The fourth-order valence-corrected chi connectivity index (χ4v) is 3.20. The zero-order valence-corrected chi connectivity index (χ0v) is 16.2. The monoisotopic (exact) mass is 385 g/mol. The summed E-state index contributed by atoms with van der Waals surface area (Å²) in [5, 5.41) is 5.44. The highest BCUT2D eigenvalue weighted by atomic mass is 35.5. The number of hydrogen-bond acceptors (Lipinski definition) is 1. The Hall–Kier alpha value is -2.79.